The molecule has 3 aromatic carbocycles. The van der Waals surface area contributed by atoms with Gasteiger partial charge in [-0.05, 0) is 42.8 Å². The minimum absolute atomic E-state index is 0.0337. The summed E-state index contributed by atoms with van der Waals surface area (Å²) in [5, 5.41) is 21.9. The molecule has 4 aromatic rings. The summed E-state index contributed by atoms with van der Waals surface area (Å²) in [7, 11) is 0. The predicted octanol–water partition coefficient (Wildman–Crippen LogP) is 5.40. The Balaban J connectivity index is 1.75. The molecule has 4 rings (SSSR count). The normalized spacial score (nSPS) is 12.1. The number of benzene rings is 3. The van der Waals surface area contributed by atoms with Gasteiger partial charge in [0.05, 0.1) is 17.6 Å². The quantitative estimate of drug-likeness (QED) is 0.480. The number of fused-ring (bicyclic) bond motifs is 3. The summed E-state index contributed by atoms with van der Waals surface area (Å²) in [6.45, 7) is 2.97. The van der Waals surface area contributed by atoms with E-state index in [1.165, 1.54) is 6.07 Å². The number of Topliss-reactive ketones (excluding diaryl/α,β-unsaturated/α-hetero) is 1. The summed E-state index contributed by atoms with van der Waals surface area (Å²) in [6, 6.07) is 22.9. The van der Waals surface area contributed by atoms with Crippen LogP contribution in [0.5, 0.6) is 5.75 Å². The van der Waals surface area contributed by atoms with Crippen molar-refractivity contribution in [1.29, 1.82) is 5.26 Å². The molecule has 4 heteroatoms. The Morgan fingerprint density at radius 2 is 1.75 bits per heavy atom. The zero-order valence-corrected chi connectivity index (χ0v) is 15.6. The third-order valence-corrected chi connectivity index (χ3v) is 5.26. The molecule has 0 aliphatic heterocycles. The van der Waals surface area contributed by atoms with Gasteiger partial charge in [-0.2, -0.15) is 5.26 Å². The maximum absolute atomic E-state index is 12.6. The monoisotopic (exact) mass is 368 g/mol. The van der Waals surface area contributed by atoms with Gasteiger partial charge in [-0.1, -0.05) is 36.4 Å². The summed E-state index contributed by atoms with van der Waals surface area (Å²) in [4.78, 5) is 12.6. The van der Waals surface area contributed by atoms with Crippen molar-refractivity contribution in [2.24, 2.45) is 0 Å². The molecule has 0 fully saturated rings. The lowest BCUT2D eigenvalue weighted by atomic mass is 9.91. The average Bonchev–Trinajstić information content (AvgIpc) is 3.05. The van der Waals surface area contributed by atoms with Gasteiger partial charge in [0.2, 0.25) is 0 Å². The van der Waals surface area contributed by atoms with Crippen molar-refractivity contribution in [2.75, 3.05) is 0 Å². The molecule has 0 aliphatic rings. The Morgan fingerprint density at radius 1 is 1.04 bits per heavy atom. The van der Waals surface area contributed by atoms with E-state index in [9.17, 15) is 15.2 Å². The van der Waals surface area contributed by atoms with E-state index in [1.54, 1.807) is 18.2 Å². The first-order chi connectivity index (χ1) is 13.6. The standard InChI is InChI=1S/C24H20N2O2/c1-2-26-21-9-5-3-7-18(21)20-13-16(11-12-22(20)26)17(15-25)14-24(28)19-8-4-6-10-23(19)27/h3-13,17,27H,2,14H2,1H3. The number of phenolic OH excluding ortho intramolecular Hbond substituents is 1. The molecule has 0 radical (unpaired) electrons. The van der Waals surface area contributed by atoms with Crippen LogP contribution < -0.4 is 0 Å². The SMILES string of the molecule is CCn1c2ccccc2c2cc(C(C#N)CC(=O)c3ccccc3O)ccc21. The summed E-state index contributed by atoms with van der Waals surface area (Å²) < 4.78 is 2.25. The minimum Gasteiger partial charge on any atom is -0.507 e. The molecule has 0 aliphatic carbocycles. The molecule has 4 nitrogen and oxygen atoms in total. The predicted molar refractivity (Wildman–Crippen MR) is 111 cm³/mol. The van der Waals surface area contributed by atoms with E-state index in [1.807, 2.05) is 30.3 Å². The number of phenols is 1. The van der Waals surface area contributed by atoms with Crippen LogP contribution >= 0.6 is 0 Å². The Hall–Kier alpha value is -3.58. The van der Waals surface area contributed by atoms with E-state index in [0.29, 0.717) is 0 Å². The second kappa shape index (κ2) is 7.21. The Morgan fingerprint density at radius 3 is 2.50 bits per heavy atom. The second-order valence-corrected chi connectivity index (χ2v) is 6.86. The average molecular weight is 368 g/mol. The van der Waals surface area contributed by atoms with Crippen molar-refractivity contribution in [3.63, 3.8) is 0 Å². The van der Waals surface area contributed by atoms with Crippen molar-refractivity contribution in [2.45, 2.75) is 25.8 Å². The number of aromatic nitrogens is 1. The van der Waals surface area contributed by atoms with Gasteiger partial charge >= 0.3 is 0 Å². The smallest absolute Gasteiger partial charge is 0.168 e. The van der Waals surface area contributed by atoms with E-state index in [0.717, 1.165) is 33.9 Å². The van der Waals surface area contributed by atoms with Crippen LogP contribution in [0.2, 0.25) is 0 Å². The first-order valence-electron chi connectivity index (χ1n) is 9.35. The highest BCUT2D eigenvalue weighted by Crippen LogP contribution is 2.33. The molecule has 0 bridgehead atoms. The Labute approximate surface area is 163 Å². The molecule has 1 heterocycles. The number of carbonyl (C=O) groups excluding carboxylic acids is 1. The molecule has 1 N–H and O–H groups in total. The van der Waals surface area contributed by atoms with Gasteiger partial charge in [0.25, 0.3) is 0 Å². The number of hydrogen-bond acceptors (Lipinski definition) is 3. The van der Waals surface area contributed by atoms with Crippen LogP contribution in [-0.4, -0.2) is 15.5 Å². The number of ketones is 1. The van der Waals surface area contributed by atoms with Gasteiger partial charge in [0.1, 0.15) is 5.75 Å². The fraction of sp³-hybridized carbons (Fsp3) is 0.167. The molecule has 0 spiro atoms. The molecule has 1 unspecified atom stereocenters. The highest BCUT2D eigenvalue weighted by atomic mass is 16.3. The number of rotatable bonds is 5. The van der Waals surface area contributed by atoms with Crippen LogP contribution in [0.15, 0.2) is 66.7 Å². The van der Waals surface area contributed by atoms with Gasteiger partial charge in [-0.25, -0.2) is 0 Å². The first-order valence-corrected chi connectivity index (χ1v) is 9.35. The Bertz CT molecular complexity index is 1230. The summed E-state index contributed by atoms with van der Waals surface area (Å²) >= 11 is 0. The van der Waals surface area contributed by atoms with Crippen LogP contribution in [0.25, 0.3) is 21.8 Å². The highest BCUT2D eigenvalue weighted by molar-refractivity contribution is 6.08. The lowest BCUT2D eigenvalue weighted by Crippen LogP contribution is -2.06. The van der Waals surface area contributed by atoms with Crippen LogP contribution in [0.1, 0.15) is 35.2 Å². The van der Waals surface area contributed by atoms with Gasteiger partial charge in [-0.15, -0.1) is 0 Å². The maximum Gasteiger partial charge on any atom is 0.168 e. The second-order valence-electron chi connectivity index (χ2n) is 6.86. The number of nitriles is 1. The number of nitrogens with zero attached hydrogens (tertiary/aromatic N) is 2. The number of hydrogen-bond donors (Lipinski definition) is 1. The molecule has 138 valence electrons. The minimum atomic E-state index is -0.569. The fourth-order valence-electron chi connectivity index (χ4n) is 3.87. The number of aryl methyl sites for hydroxylation is 1. The largest absolute Gasteiger partial charge is 0.507 e. The molecule has 1 aromatic heterocycles. The highest BCUT2D eigenvalue weighted by Gasteiger charge is 2.20. The van der Waals surface area contributed by atoms with Crippen LogP contribution in [0.3, 0.4) is 0 Å². The molecule has 0 saturated heterocycles. The number of aromatic hydroxyl groups is 1. The molecular weight excluding hydrogens is 348 g/mol. The molecular formula is C24H20N2O2. The zero-order valence-electron chi connectivity index (χ0n) is 15.6. The third kappa shape index (κ3) is 2.91. The van der Waals surface area contributed by atoms with Crippen LogP contribution in [0.4, 0.5) is 0 Å². The van der Waals surface area contributed by atoms with E-state index in [-0.39, 0.29) is 23.5 Å². The van der Waals surface area contributed by atoms with Crippen molar-refractivity contribution < 1.29 is 9.90 Å². The van der Waals surface area contributed by atoms with E-state index in [4.69, 9.17) is 0 Å². The van der Waals surface area contributed by atoms with E-state index < -0.39 is 5.92 Å². The molecule has 1 atom stereocenters. The lowest BCUT2D eigenvalue weighted by molar-refractivity contribution is 0.0976. The van der Waals surface area contributed by atoms with E-state index >= 15 is 0 Å². The first kappa shape index (κ1) is 17.8. The van der Waals surface area contributed by atoms with Gasteiger partial charge < -0.3 is 9.67 Å². The van der Waals surface area contributed by atoms with Gasteiger partial charge in [0.15, 0.2) is 5.78 Å². The zero-order chi connectivity index (χ0) is 19.7. The number of para-hydroxylation sites is 2. The van der Waals surface area contributed by atoms with Crippen LogP contribution in [0, 0.1) is 11.3 Å². The van der Waals surface area contributed by atoms with Crippen molar-refractivity contribution in [3.05, 3.63) is 77.9 Å². The van der Waals surface area contributed by atoms with Gasteiger partial charge in [-0.3, -0.25) is 4.79 Å². The molecule has 28 heavy (non-hydrogen) atoms. The maximum atomic E-state index is 12.6. The molecule has 0 amide bonds. The molecule has 0 saturated carbocycles. The van der Waals surface area contributed by atoms with Crippen LogP contribution in [-0.2, 0) is 6.54 Å². The summed E-state index contributed by atoms with van der Waals surface area (Å²) in [6.07, 6.45) is 0.0337. The summed E-state index contributed by atoms with van der Waals surface area (Å²) in [5.41, 5.74) is 3.36. The van der Waals surface area contributed by atoms with Crippen molar-refractivity contribution in [3.8, 4) is 11.8 Å². The topological polar surface area (TPSA) is 66.0 Å². The van der Waals surface area contributed by atoms with Gasteiger partial charge in [0, 0.05) is 34.8 Å². The third-order valence-electron chi connectivity index (χ3n) is 5.26. The van der Waals surface area contributed by atoms with Crippen molar-refractivity contribution >= 4 is 27.6 Å². The lowest BCUT2D eigenvalue weighted by Gasteiger charge is -2.11. The number of carbonyl (C=O) groups is 1. The van der Waals surface area contributed by atoms with E-state index in [2.05, 4.69) is 29.7 Å². The summed E-state index contributed by atoms with van der Waals surface area (Å²) in [5.74, 6) is -0.855. The Kier molecular flexibility index (Phi) is 4.58. The fourth-order valence-corrected chi connectivity index (χ4v) is 3.87. The van der Waals surface area contributed by atoms with Crippen molar-refractivity contribution in [1.82, 2.24) is 4.57 Å².